The molecule has 4 rings (SSSR count). The van der Waals surface area contributed by atoms with Crippen LogP contribution in [0.4, 0.5) is 5.69 Å². The number of ether oxygens (including phenoxy) is 2. The van der Waals surface area contributed by atoms with E-state index in [0.717, 1.165) is 0 Å². The van der Waals surface area contributed by atoms with Crippen molar-refractivity contribution in [1.82, 2.24) is 10.9 Å². The van der Waals surface area contributed by atoms with Crippen LogP contribution in [0.25, 0.3) is 0 Å². The van der Waals surface area contributed by atoms with Gasteiger partial charge in [0.1, 0.15) is 19.0 Å². The second kappa shape index (κ2) is 9.09. The van der Waals surface area contributed by atoms with Gasteiger partial charge in [0.05, 0.1) is 10.5 Å². The summed E-state index contributed by atoms with van der Waals surface area (Å²) in [4.78, 5) is 24.3. The standard InChI is InChI=1S/C22H19N3O7S/c26-18-4-2-1-3-17(18)22(28)24-23-21(27)14-5-7-15(8-6-14)25-33(29,30)16-9-10-19-20(13-16)32-12-11-31-19/h1-10,13,25-26H,11-12H2,(H,23,27)(H,24,28). The molecule has 0 spiro atoms. The number of para-hydroxylation sites is 1. The fourth-order valence-electron chi connectivity index (χ4n) is 3.01. The fourth-order valence-corrected chi connectivity index (χ4v) is 4.09. The Kier molecular flexibility index (Phi) is 6.05. The molecule has 1 aliphatic heterocycles. The van der Waals surface area contributed by atoms with Crippen LogP contribution in [0.15, 0.2) is 71.6 Å². The topological polar surface area (TPSA) is 143 Å². The summed E-state index contributed by atoms with van der Waals surface area (Å²) in [6, 6.07) is 15.8. The van der Waals surface area contributed by atoms with Gasteiger partial charge in [-0.2, -0.15) is 0 Å². The number of phenolic OH excluding ortho intramolecular Hbond substituents is 1. The summed E-state index contributed by atoms with van der Waals surface area (Å²) in [5.74, 6) is -0.712. The van der Waals surface area contributed by atoms with Crippen molar-refractivity contribution in [2.75, 3.05) is 17.9 Å². The molecule has 33 heavy (non-hydrogen) atoms. The zero-order valence-corrected chi connectivity index (χ0v) is 17.9. The molecule has 1 heterocycles. The summed E-state index contributed by atoms with van der Waals surface area (Å²) in [5.41, 5.74) is 4.85. The molecule has 10 nitrogen and oxygen atoms in total. The SMILES string of the molecule is O=C(NNC(=O)c1ccccc1O)c1ccc(NS(=O)(=O)c2ccc3c(c2)OCCO3)cc1. The van der Waals surface area contributed by atoms with Gasteiger partial charge in [-0.3, -0.25) is 25.2 Å². The third-order valence-electron chi connectivity index (χ3n) is 4.66. The number of carbonyl (C=O) groups excluding carboxylic acids is 2. The van der Waals surface area contributed by atoms with Crippen molar-refractivity contribution in [2.45, 2.75) is 4.90 Å². The number of phenols is 1. The van der Waals surface area contributed by atoms with E-state index in [1.807, 2.05) is 0 Å². The Morgan fingerprint density at radius 1 is 0.818 bits per heavy atom. The molecule has 3 aromatic rings. The summed E-state index contributed by atoms with van der Waals surface area (Å²) in [6.45, 7) is 0.732. The number of carbonyl (C=O) groups is 2. The molecule has 170 valence electrons. The van der Waals surface area contributed by atoms with E-state index in [1.54, 1.807) is 12.1 Å². The van der Waals surface area contributed by atoms with Gasteiger partial charge >= 0.3 is 0 Å². The van der Waals surface area contributed by atoms with E-state index in [2.05, 4.69) is 15.6 Å². The molecule has 0 radical (unpaired) electrons. The Balaban J connectivity index is 1.39. The van der Waals surface area contributed by atoms with Gasteiger partial charge in [0, 0.05) is 17.3 Å². The highest BCUT2D eigenvalue weighted by atomic mass is 32.2. The number of hydrogen-bond donors (Lipinski definition) is 4. The van der Waals surface area contributed by atoms with Gasteiger partial charge in [0.15, 0.2) is 11.5 Å². The minimum atomic E-state index is -3.90. The number of hydrogen-bond acceptors (Lipinski definition) is 7. The number of anilines is 1. The smallest absolute Gasteiger partial charge is 0.273 e. The third-order valence-corrected chi connectivity index (χ3v) is 6.04. The molecule has 0 saturated carbocycles. The number of nitrogens with one attached hydrogen (secondary N) is 3. The molecule has 0 unspecified atom stereocenters. The van der Waals surface area contributed by atoms with Gasteiger partial charge in [0.2, 0.25) is 0 Å². The third kappa shape index (κ3) is 4.99. The van der Waals surface area contributed by atoms with E-state index in [-0.39, 0.29) is 27.5 Å². The number of aromatic hydroxyl groups is 1. The van der Waals surface area contributed by atoms with Crippen molar-refractivity contribution in [1.29, 1.82) is 0 Å². The Labute approximate surface area is 189 Å². The van der Waals surface area contributed by atoms with Crippen molar-refractivity contribution in [3.8, 4) is 17.2 Å². The lowest BCUT2D eigenvalue weighted by molar-refractivity contribution is 0.0845. The van der Waals surface area contributed by atoms with E-state index >= 15 is 0 Å². The van der Waals surface area contributed by atoms with Crippen LogP contribution in [0.3, 0.4) is 0 Å². The van der Waals surface area contributed by atoms with E-state index < -0.39 is 21.8 Å². The van der Waals surface area contributed by atoms with Crippen LogP contribution >= 0.6 is 0 Å². The molecule has 2 amide bonds. The maximum atomic E-state index is 12.7. The Morgan fingerprint density at radius 2 is 1.48 bits per heavy atom. The molecule has 11 heteroatoms. The lowest BCUT2D eigenvalue weighted by atomic mass is 10.2. The second-order valence-corrected chi connectivity index (χ2v) is 8.60. The van der Waals surface area contributed by atoms with Crippen molar-refractivity contribution in [3.05, 3.63) is 77.9 Å². The zero-order valence-electron chi connectivity index (χ0n) is 17.1. The van der Waals surface area contributed by atoms with Gasteiger partial charge in [-0.1, -0.05) is 12.1 Å². The van der Waals surface area contributed by atoms with E-state index in [0.29, 0.717) is 24.7 Å². The van der Waals surface area contributed by atoms with E-state index in [4.69, 9.17) is 9.47 Å². The van der Waals surface area contributed by atoms with Gasteiger partial charge in [0.25, 0.3) is 21.8 Å². The quantitative estimate of drug-likeness (QED) is 0.419. The maximum absolute atomic E-state index is 12.7. The van der Waals surface area contributed by atoms with Gasteiger partial charge in [-0.25, -0.2) is 8.42 Å². The molecule has 0 saturated heterocycles. The molecule has 0 aliphatic carbocycles. The van der Waals surface area contributed by atoms with E-state index in [1.165, 1.54) is 54.6 Å². The molecular formula is C22H19N3O7S. The number of benzene rings is 3. The van der Waals surface area contributed by atoms with Crippen LogP contribution in [0.2, 0.25) is 0 Å². The summed E-state index contributed by atoms with van der Waals surface area (Å²) in [7, 11) is -3.90. The molecule has 4 N–H and O–H groups in total. The van der Waals surface area contributed by atoms with Crippen molar-refractivity contribution >= 4 is 27.5 Å². The largest absolute Gasteiger partial charge is 0.507 e. The van der Waals surface area contributed by atoms with Crippen LogP contribution in [0, 0.1) is 0 Å². The Bertz CT molecular complexity index is 1310. The molecule has 0 fully saturated rings. The fraction of sp³-hybridized carbons (Fsp3) is 0.0909. The minimum absolute atomic E-state index is 0.000413. The summed E-state index contributed by atoms with van der Waals surface area (Å²) in [6.07, 6.45) is 0. The number of sulfonamides is 1. The molecule has 1 aliphatic rings. The predicted molar refractivity (Wildman–Crippen MR) is 118 cm³/mol. The lowest BCUT2D eigenvalue weighted by Crippen LogP contribution is -2.41. The Morgan fingerprint density at radius 3 is 2.21 bits per heavy atom. The van der Waals surface area contributed by atoms with Gasteiger partial charge < -0.3 is 14.6 Å². The first kappa shape index (κ1) is 22.0. The maximum Gasteiger partial charge on any atom is 0.273 e. The predicted octanol–water partition coefficient (Wildman–Crippen LogP) is 2.04. The molecule has 3 aromatic carbocycles. The summed E-state index contributed by atoms with van der Waals surface area (Å²) >= 11 is 0. The highest BCUT2D eigenvalue weighted by molar-refractivity contribution is 7.92. The molecule has 0 atom stereocenters. The van der Waals surface area contributed by atoms with Crippen LogP contribution in [0.5, 0.6) is 17.2 Å². The number of hydrazine groups is 1. The molecular weight excluding hydrogens is 450 g/mol. The van der Waals surface area contributed by atoms with Gasteiger partial charge in [-0.05, 0) is 48.5 Å². The zero-order chi connectivity index (χ0) is 23.4. The first-order chi connectivity index (χ1) is 15.8. The molecule has 0 aromatic heterocycles. The number of fused-ring (bicyclic) bond motifs is 1. The average molecular weight is 469 g/mol. The van der Waals surface area contributed by atoms with Crippen LogP contribution in [0.1, 0.15) is 20.7 Å². The minimum Gasteiger partial charge on any atom is -0.507 e. The number of amides is 2. The monoisotopic (exact) mass is 469 g/mol. The highest BCUT2D eigenvalue weighted by Crippen LogP contribution is 2.32. The Hall–Kier alpha value is -4.25. The van der Waals surface area contributed by atoms with Gasteiger partial charge in [-0.15, -0.1) is 0 Å². The summed E-state index contributed by atoms with van der Waals surface area (Å²) < 4.78 is 38.6. The highest BCUT2D eigenvalue weighted by Gasteiger charge is 2.20. The van der Waals surface area contributed by atoms with Crippen LogP contribution < -0.4 is 25.0 Å². The van der Waals surface area contributed by atoms with Crippen LogP contribution in [-0.2, 0) is 10.0 Å². The van der Waals surface area contributed by atoms with Crippen molar-refractivity contribution in [3.63, 3.8) is 0 Å². The molecule has 0 bridgehead atoms. The normalized spacial score (nSPS) is 12.5. The summed E-state index contributed by atoms with van der Waals surface area (Å²) in [5, 5.41) is 9.68. The lowest BCUT2D eigenvalue weighted by Gasteiger charge is -2.19. The second-order valence-electron chi connectivity index (χ2n) is 6.91. The first-order valence-corrected chi connectivity index (χ1v) is 11.2. The van der Waals surface area contributed by atoms with Crippen molar-refractivity contribution in [2.24, 2.45) is 0 Å². The van der Waals surface area contributed by atoms with E-state index in [9.17, 15) is 23.1 Å². The average Bonchev–Trinajstić information content (AvgIpc) is 2.82. The first-order valence-electron chi connectivity index (χ1n) is 9.75. The number of rotatable bonds is 5. The van der Waals surface area contributed by atoms with Crippen LogP contribution in [-0.4, -0.2) is 38.6 Å². The van der Waals surface area contributed by atoms with Crippen molar-refractivity contribution < 1.29 is 32.6 Å².